The second kappa shape index (κ2) is 9.18. The zero-order chi connectivity index (χ0) is 29.5. The molecule has 0 saturated carbocycles. The molecule has 0 amide bonds. The Hall–Kier alpha value is -6.13. The van der Waals surface area contributed by atoms with Gasteiger partial charge in [0.15, 0.2) is 0 Å². The minimum absolute atomic E-state index is 0.971. The number of para-hydroxylation sites is 3. The largest absolute Gasteiger partial charge is 0.307 e. The van der Waals surface area contributed by atoms with Crippen LogP contribution < -0.4 is 0 Å². The molecule has 0 N–H and O–H groups in total. The maximum atomic E-state index is 4.75. The minimum Gasteiger partial charge on any atom is -0.307 e. The fourth-order valence-corrected chi connectivity index (χ4v) is 7.36. The predicted octanol–water partition coefficient (Wildman–Crippen LogP) is 10.4. The molecule has 4 heteroatoms. The lowest BCUT2D eigenvalue weighted by Crippen LogP contribution is -1.99. The molecule has 45 heavy (non-hydrogen) atoms. The number of hydrogen-bond donors (Lipinski definition) is 0. The van der Waals surface area contributed by atoms with E-state index in [0.29, 0.717) is 0 Å². The molecule has 7 aromatic carbocycles. The maximum absolute atomic E-state index is 4.75. The highest BCUT2D eigenvalue weighted by Crippen LogP contribution is 2.43. The zero-order valence-corrected chi connectivity index (χ0v) is 24.3. The fraction of sp³-hybridized carbons (Fsp3) is 0. The number of hydrogen-bond acceptors (Lipinski definition) is 1. The molecule has 0 aliphatic carbocycles. The quantitative estimate of drug-likeness (QED) is 0.206. The summed E-state index contributed by atoms with van der Waals surface area (Å²) >= 11 is 0. The lowest BCUT2D eigenvalue weighted by atomic mass is 10.0. The van der Waals surface area contributed by atoms with Gasteiger partial charge in [-0.2, -0.15) is 0 Å². The summed E-state index contributed by atoms with van der Waals surface area (Å²) in [5, 5.41) is 7.52. The molecule has 0 unspecified atom stereocenters. The summed E-state index contributed by atoms with van der Waals surface area (Å²) < 4.78 is 7.09. The van der Waals surface area contributed by atoms with Crippen LogP contribution in [-0.4, -0.2) is 18.7 Å². The first-order valence-corrected chi connectivity index (χ1v) is 15.3. The molecule has 10 aromatic rings. The van der Waals surface area contributed by atoms with Crippen molar-refractivity contribution in [2.75, 3.05) is 0 Å². The van der Waals surface area contributed by atoms with E-state index in [9.17, 15) is 0 Å². The van der Waals surface area contributed by atoms with E-state index in [0.717, 1.165) is 28.1 Å². The smallest absolute Gasteiger partial charge is 0.100 e. The Kier molecular flexibility index (Phi) is 4.96. The van der Waals surface area contributed by atoms with Crippen LogP contribution in [0.1, 0.15) is 0 Å². The van der Waals surface area contributed by atoms with Gasteiger partial charge in [0.2, 0.25) is 0 Å². The summed E-state index contributed by atoms with van der Waals surface area (Å²) in [6.07, 6.45) is 1.92. The van der Waals surface area contributed by atoms with Crippen LogP contribution in [0.25, 0.3) is 82.5 Å². The molecule has 10 rings (SSSR count). The van der Waals surface area contributed by atoms with Crippen molar-refractivity contribution in [1.82, 2.24) is 18.7 Å². The van der Waals surface area contributed by atoms with E-state index in [-0.39, 0.29) is 0 Å². The predicted molar refractivity (Wildman–Crippen MR) is 187 cm³/mol. The first kappa shape index (κ1) is 24.3. The molecule has 0 atom stereocenters. The van der Waals surface area contributed by atoms with Gasteiger partial charge in [-0.15, -0.1) is 0 Å². The van der Waals surface area contributed by atoms with Crippen molar-refractivity contribution >= 4 is 65.4 Å². The monoisotopic (exact) mass is 574 g/mol. The van der Waals surface area contributed by atoms with Crippen molar-refractivity contribution in [3.8, 4) is 17.1 Å². The van der Waals surface area contributed by atoms with Gasteiger partial charge in [0.05, 0.1) is 33.1 Å². The van der Waals surface area contributed by atoms with Gasteiger partial charge >= 0.3 is 0 Å². The van der Waals surface area contributed by atoms with Gasteiger partial charge in [-0.05, 0) is 65.4 Å². The summed E-state index contributed by atoms with van der Waals surface area (Å²) in [6.45, 7) is 0. The van der Waals surface area contributed by atoms with E-state index >= 15 is 0 Å². The van der Waals surface area contributed by atoms with Gasteiger partial charge in [0.1, 0.15) is 6.33 Å². The Bertz CT molecular complexity index is 2750. The van der Waals surface area contributed by atoms with Crippen molar-refractivity contribution in [1.29, 1.82) is 0 Å². The third-order valence-corrected chi connectivity index (χ3v) is 9.29. The number of imidazole rings is 1. The van der Waals surface area contributed by atoms with E-state index in [2.05, 4.69) is 159 Å². The van der Waals surface area contributed by atoms with Gasteiger partial charge < -0.3 is 9.13 Å². The second-order valence-corrected chi connectivity index (χ2v) is 11.7. The zero-order valence-electron chi connectivity index (χ0n) is 24.3. The van der Waals surface area contributed by atoms with Crippen molar-refractivity contribution in [3.63, 3.8) is 0 Å². The van der Waals surface area contributed by atoms with Crippen molar-refractivity contribution in [2.24, 2.45) is 0 Å². The van der Waals surface area contributed by atoms with Crippen LogP contribution in [0, 0.1) is 0 Å². The summed E-state index contributed by atoms with van der Waals surface area (Å²) in [5.74, 6) is 0. The molecule has 3 heterocycles. The van der Waals surface area contributed by atoms with Crippen LogP contribution in [0.3, 0.4) is 0 Å². The average Bonchev–Trinajstić information content (AvgIpc) is 3.79. The fourth-order valence-electron chi connectivity index (χ4n) is 7.36. The van der Waals surface area contributed by atoms with Gasteiger partial charge in [0, 0.05) is 38.6 Å². The first-order valence-electron chi connectivity index (χ1n) is 15.3. The van der Waals surface area contributed by atoms with Gasteiger partial charge in [-0.1, -0.05) is 97.1 Å². The van der Waals surface area contributed by atoms with Crippen LogP contribution in [0.2, 0.25) is 0 Å². The molecular weight excluding hydrogens is 548 g/mol. The molecule has 0 aliphatic heterocycles. The van der Waals surface area contributed by atoms with E-state index in [1.54, 1.807) is 0 Å². The van der Waals surface area contributed by atoms with Crippen LogP contribution in [-0.2, 0) is 0 Å². The van der Waals surface area contributed by atoms with Crippen LogP contribution in [0.4, 0.5) is 0 Å². The van der Waals surface area contributed by atoms with E-state index in [4.69, 9.17) is 4.98 Å². The van der Waals surface area contributed by atoms with Crippen LogP contribution in [0.15, 0.2) is 158 Å². The summed E-state index contributed by atoms with van der Waals surface area (Å²) in [4.78, 5) is 4.75. The Morgan fingerprint density at radius 1 is 0.400 bits per heavy atom. The number of rotatable bonds is 3. The number of nitrogens with zero attached hydrogens (tertiary/aromatic N) is 4. The molecule has 0 saturated heterocycles. The van der Waals surface area contributed by atoms with Gasteiger partial charge in [0.25, 0.3) is 0 Å². The average molecular weight is 575 g/mol. The number of aromatic nitrogens is 4. The molecule has 0 radical (unpaired) electrons. The topological polar surface area (TPSA) is 27.7 Å². The van der Waals surface area contributed by atoms with E-state index in [1.807, 2.05) is 12.4 Å². The minimum atomic E-state index is 0.971. The summed E-state index contributed by atoms with van der Waals surface area (Å²) in [6, 6.07) is 54.5. The van der Waals surface area contributed by atoms with Gasteiger partial charge in [-0.3, -0.25) is 4.57 Å². The SMILES string of the molecule is c1ccc(-n2cnc3ccc(-n4c5ccccc5c5ccc6c7c8ccccc8ccc7n(-c7ccccc7)c6c54)cc32)cc1. The maximum Gasteiger partial charge on any atom is 0.100 e. The lowest BCUT2D eigenvalue weighted by molar-refractivity contribution is 1.09. The Balaban J connectivity index is 1.41. The third-order valence-electron chi connectivity index (χ3n) is 9.29. The highest BCUT2D eigenvalue weighted by atomic mass is 15.1. The standard InChI is InChI=1S/C41H26N4/c1-3-12-28(13-4-1)43-26-42-35-23-20-30(25-38(35)43)45-36-18-10-9-17-32(36)33-21-22-34-39-31-16-8-7-11-27(31)19-24-37(39)44(41(34)40(33)45)29-14-5-2-6-15-29/h1-26H. The molecule has 3 aromatic heterocycles. The normalized spacial score (nSPS) is 12.0. The van der Waals surface area contributed by atoms with E-state index in [1.165, 1.54) is 54.4 Å². The third kappa shape index (κ3) is 3.39. The molecular formula is C41H26N4. The number of benzene rings is 7. The molecule has 0 spiro atoms. The lowest BCUT2D eigenvalue weighted by Gasteiger charge is -2.13. The summed E-state index contributed by atoms with van der Waals surface area (Å²) in [7, 11) is 0. The van der Waals surface area contributed by atoms with Crippen molar-refractivity contribution in [2.45, 2.75) is 0 Å². The van der Waals surface area contributed by atoms with Crippen molar-refractivity contribution < 1.29 is 0 Å². The second-order valence-electron chi connectivity index (χ2n) is 11.7. The first-order chi connectivity index (χ1) is 22.3. The Morgan fingerprint density at radius 2 is 1.07 bits per heavy atom. The molecule has 0 fully saturated rings. The van der Waals surface area contributed by atoms with E-state index < -0.39 is 0 Å². The highest BCUT2D eigenvalue weighted by molar-refractivity contribution is 6.28. The number of fused-ring (bicyclic) bond motifs is 10. The highest BCUT2D eigenvalue weighted by Gasteiger charge is 2.22. The molecule has 210 valence electrons. The van der Waals surface area contributed by atoms with Gasteiger partial charge in [-0.25, -0.2) is 4.98 Å². The van der Waals surface area contributed by atoms with Crippen molar-refractivity contribution in [3.05, 3.63) is 158 Å². The Morgan fingerprint density at radius 3 is 1.91 bits per heavy atom. The van der Waals surface area contributed by atoms with Crippen LogP contribution >= 0.6 is 0 Å². The van der Waals surface area contributed by atoms with Crippen LogP contribution in [0.5, 0.6) is 0 Å². The molecule has 0 aliphatic rings. The molecule has 4 nitrogen and oxygen atoms in total. The Labute approximate surface area is 258 Å². The summed E-state index contributed by atoms with van der Waals surface area (Å²) in [5.41, 5.74) is 10.2. The molecule has 0 bridgehead atoms.